The van der Waals surface area contributed by atoms with Crippen molar-refractivity contribution in [1.29, 1.82) is 0 Å². The number of ether oxygens (including phenoxy) is 1. The highest BCUT2D eigenvalue weighted by Crippen LogP contribution is 2.30. The molecule has 1 aromatic carbocycles. The molecule has 0 saturated heterocycles. The van der Waals surface area contributed by atoms with Crippen molar-refractivity contribution in [2.75, 3.05) is 31.3 Å². The first-order valence-electron chi connectivity index (χ1n) is 5.62. The number of hydrogen-bond donors (Lipinski definition) is 2. The molecule has 0 unspecified atom stereocenters. The van der Waals surface area contributed by atoms with Gasteiger partial charge in [-0.2, -0.15) is 0 Å². The Hall–Kier alpha value is -0.640. The molecule has 0 aliphatic carbocycles. The molecule has 0 saturated carbocycles. The highest BCUT2D eigenvalue weighted by Gasteiger charge is 2.04. The molecule has 0 heterocycles. The molecule has 5 heteroatoms. The van der Waals surface area contributed by atoms with Crippen molar-refractivity contribution in [1.82, 2.24) is 0 Å². The van der Waals surface area contributed by atoms with E-state index < -0.39 is 0 Å². The number of unbranched alkanes of at least 4 members (excludes halogenated alkanes) is 2. The fourth-order valence-electron chi connectivity index (χ4n) is 1.49. The molecule has 0 radical (unpaired) electrons. The van der Waals surface area contributed by atoms with Crippen LogP contribution in [0.25, 0.3) is 0 Å². The van der Waals surface area contributed by atoms with Gasteiger partial charge >= 0.3 is 0 Å². The van der Waals surface area contributed by atoms with Crippen LogP contribution in [-0.2, 0) is 4.74 Å². The maximum atomic E-state index is 5.92. The Morgan fingerprint density at radius 2 is 1.88 bits per heavy atom. The van der Waals surface area contributed by atoms with E-state index in [2.05, 4.69) is 5.32 Å². The molecule has 0 atom stereocenters. The van der Waals surface area contributed by atoms with E-state index in [1.807, 2.05) is 0 Å². The molecule has 1 aromatic rings. The zero-order valence-electron chi connectivity index (χ0n) is 9.93. The van der Waals surface area contributed by atoms with E-state index in [9.17, 15) is 0 Å². The summed E-state index contributed by atoms with van der Waals surface area (Å²) < 4.78 is 4.98. The molecule has 0 bridgehead atoms. The molecular formula is C12H18Cl2N2O. The molecule has 0 aromatic heterocycles. The molecule has 3 nitrogen and oxygen atoms in total. The Bertz CT molecular complexity index is 359. The van der Waals surface area contributed by atoms with Crippen LogP contribution >= 0.6 is 23.2 Å². The summed E-state index contributed by atoms with van der Waals surface area (Å²) in [6, 6.07) is 3.42. The minimum absolute atomic E-state index is 0.481. The molecule has 1 rings (SSSR count). The number of halogens is 2. The fourth-order valence-corrected chi connectivity index (χ4v) is 1.82. The largest absolute Gasteiger partial charge is 0.397 e. The molecule has 0 aliphatic heterocycles. The first kappa shape index (κ1) is 14.4. The van der Waals surface area contributed by atoms with E-state index in [1.54, 1.807) is 19.2 Å². The lowest BCUT2D eigenvalue weighted by Gasteiger charge is -2.10. The summed E-state index contributed by atoms with van der Waals surface area (Å²) >= 11 is 11.8. The van der Waals surface area contributed by atoms with Gasteiger partial charge in [0.15, 0.2) is 0 Å². The molecular weight excluding hydrogens is 259 g/mol. The number of hydrogen-bond acceptors (Lipinski definition) is 3. The lowest BCUT2D eigenvalue weighted by Crippen LogP contribution is -2.04. The molecule has 0 aliphatic rings. The number of methoxy groups -OCH3 is 1. The predicted molar refractivity (Wildman–Crippen MR) is 75.1 cm³/mol. The lowest BCUT2D eigenvalue weighted by atomic mass is 10.2. The monoisotopic (exact) mass is 276 g/mol. The topological polar surface area (TPSA) is 47.3 Å². The lowest BCUT2D eigenvalue weighted by molar-refractivity contribution is 0.192. The van der Waals surface area contributed by atoms with Gasteiger partial charge in [-0.15, -0.1) is 0 Å². The molecule has 0 spiro atoms. The maximum Gasteiger partial charge on any atom is 0.0614 e. The highest BCUT2D eigenvalue weighted by atomic mass is 35.5. The summed E-state index contributed by atoms with van der Waals surface area (Å²) in [6.07, 6.45) is 3.28. The molecule has 3 N–H and O–H groups in total. The first-order valence-corrected chi connectivity index (χ1v) is 6.38. The van der Waals surface area contributed by atoms with E-state index >= 15 is 0 Å². The second kappa shape index (κ2) is 7.64. The van der Waals surface area contributed by atoms with Crippen molar-refractivity contribution in [3.63, 3.8) is 0 Å². The summed E-state index contributed by atoms with van der Waals surface area (Å²) in [5.74, 6) is 0. The van der Waals surface area contributed by atoms with Crippen LogP contribution in [0.1, 0.15) is 19.3 Å². The number of rotatable bonds is 7. The quantitative estimate of drug-likeness (QED) is 0.588. The zero-order valence-corrected chi connectivity index (χ0v) is 11.4. The standard InChI is InChI=1S/C12H18Cl2N2O/c1-17-6-4-2-3-5-16-12-8-10(14)9(13)7-11(12)15/h7-8,16H,2-6,15H2,1H3. The van der Waals surface area contributed by atoms with Gasteiger partial charge in [0.2, 0.25) is 0 Å². The maximum absolute atomic E-state index is 5.92. The average molecular weight is 277 g/mol. The van der Waals surface area contributed by atoms with Gasteiger partial charge in [0.05, 0.1) is 21.4 Å². The molecule has 17 heavy (non-hydrogen) atoms. The van der Waals surface area contributed by atoms with Crippen LogP contribution in [0.3, 0.4) is 0 Å². The van der Waals surface area contributed by atoms with Crippen LogP contribution in [0.2, 0.25) is 10.0 Å². The SMILES string of the molecule is COCCCCCNc1cc(Cl)c(Cl)cc1N. The minimum Gasteiger partial charge on any atom is -0.397 e. The normalized spacial score (nSPS) is 10.5. The number of nitrogen functional groups attached to an aromatic ring is 1. The highest BCUT2D eigenvalue weighted by molar-refractivity contribution is 6.42. The number of anilines is 2. The van der Waals surface area contributed by atoms with Crippen molar-refractivity contribution in [3.8, 4) is 0 Å². The van der Waals surface area contributed by atoms with E-state index in [1.165, 1.54) is 0 Å². The molecule has 96 valence electrons. The van der Waals surface area contributed by atoms with Crippen molar-refractivity contribution in [3.05, 3.63) is 22.2 Å². The fraction of sp³-hybridized carbons (Fsp3) is 0.500. The molecule has 0 amide bonds. The predicted octanol–water partition coefficient (Wildman–Crippen LogP) is 3.80. The average Bonchev–Trinajstić information content (AvgIpc) is 2.30. The number of benzene rings is 1. The first-order chi connectivity index (χ1) is 8.15. The third-order valence-corrected chi connectivity index (χ3v) is 3.16. The Morgan fingerprint density at radius 1 is 1.18 bits per heavy atom. The summed E-state index contributed by atoms with van der Waals surface area (Å²) in [6.45, 7) is 1.68. The van der Waals surface area contributed by atoms with E-state index in [-0.39, 0.29) is 0 Å². The summed E-state index contributed by atoms with van der Waals surface area (Å²) in [5, 5.41) is 4.25. The van der Waals surface area contributed by atoms with Gasteiger partial charge in [0, 0.05) is 20.3 Å². The van der Waals surface area contributed by atoms with Crippen molar-refractivity contribution in [2.24, 2.45) is 0 Å². The Balaban J connectivity index is 2.34. The van der Waals surface area contributed by atoms with E-state index in [0.29, 0.717) is 15.7 Å². The zero-order chi connectivity index (χ0) is 12.7. The number of nitrogens with one attached hydrogen (secondary N) is 1. The van der Waals surface area contributed by atoms with Crippen LogP contribution in [0, 0.1) is 0 Å². The number of nitrogens with two attached hydrogens (primary N) is 1. The third kappa shape index (κ3) is 5.02. The van der Waals surface area contributed by atoms with Crippen LogP contribution < -0.4 is 11.1 Å². The van der Waals surface area contributed by atoms with E-state index in [0.717, 1.165) is 38.1 Å². The van der Waals surface area contributed by atoms with Crippen LogP contribution in [0.4, 0.5) is 11.4 Å². The summed E-state index contributed by atoms with van der Waals surface area (Å²) in [7, 11) is 1.72. The van der Waals surface area contributed by atoms with Crippen LogP contribution in [0.5, 0.6) is 0 Å². The Labute approximate surface area is 112 Å². The van der Waals surface area contributed by atoms with Gasteiger partial charge in [-0.1, -0.05) is 23.2 Å². The summed E-state index contributed by atoms with van der Waals surface area (Å²) in [5.41, 5.74) is 7.29. The van der Waals surface area contributed by atoms with Crippen molar-refractivity contribution in [2.45, 2.75) is 19.3 Å². The van der Waals surface area contributed by atoms with Gasteiger partial charge in [0.1, 0.15) is 0 Å². The Morgan fingerprint density at radius 3 is 2.59 bits per heavy atom. The second-order valence-electron chi connectivity index (χ2n) is 3.83. The van der Waals surface area contributed by atoms with Gasteiger partial charge in [0.25, 0.3) is 0 Å². The summed E-state index contributed by atoms with van der Waals surface area (Å²) in [4.78, 5) is 0. The third-order valence-electron chi connectivity index (χ3n) is 2.43. The van der Waals surface area contributed by atoms with Gasteiger partial charge < -0.3 is 15.8 Å². The second-order valence-corrected chi connectivity index (χ2v) is 4.65. The van der Waals surface area contributed by atoms with Gasteiger partial charge in [-0.25, -0.2) is 0 Å². The van der Waals surface area contributed by atoms with Gasteiger partial charge in [-0.3, -0.25) is 0 Å². The van der Waals surface area contributed by atoms with Gasteiger partial charge in [-0.05, 0) is 31.4 Å². The Kier molecular flexibility index (Phi) is 6.48. The molecule has 0 fully saturated rings. The smallest absolute Gasteiger partial charge is 0.0614 e. The van der Waals surface area contributed by atoms with Crippen LogP contribution in [0.15, 0.2) is 12.1 Å². The van der Waals surface area contributed by atoms with Crippen LogP contribution in [-0.4, -0.2) is 20.3 Å². The minimum atomic E-state index is 0.481. The van der Waals surface area contributed by atoms with Crippen molar-refractivity contribution >= 4 is 34.6 Å². The van der Waals surface area contributed by atoms with Crippen molar-refractivity contribution < 1.29 is 4.74 Å². The van der Waals surface area contributed by atoms with E-state index in [4.69, 9.17) is 33.7 Å².